The van der Waals surface area contributed by atoms with E-state index < -0.39 is 20.7 Å². The van der Waals surface area contributed by atoms with Crippen LogP contribution in [0.1, 0.15) is 90.4 Å². The van der Waals surface area contributed by atoms with Gasteiger partial charge in [-0.3, -0.25) is 0 Å². The van der Waals surface area contributed by atoms with E-state index in [2.05, 4.69) is 29.6 Å². The minimum Gasteiger partial charge on any atom is -0.317 e. The summed E-state index contributed by atoms with van der Waals surface area (Å²) in [6, 6.07) is 0. The molecule has 0 aliphatic carbocycles. The van der Waals surface area contributed by atoms with E-state index in [1.165, 1.54) is 44.9 Å². The standard InChI is InChI=1S/C18H38N2O6P2/c1-2-3-4-5-6-7-8-9-10-11-12-13-14-15-16-17-19-20-18(27(21,22)23)28(24,25)26/h9-10,19,21-23H,2-8,11-17H2,1H3,(H-,24,25,26)/p+1. The fourth-order valence-electron chi connectivity index (χ4n) is 2.71. The van der Waals surface area contributed by atoms with Crippen LogP contribution in [0.4, 0.5) is 0 Å². The number of hydrogen-bond donors (Lipinski definition) is 6. The van der Waals surface area contributed by atoms with Gasteiger partial charge in [0.15, 0.2) is 0 Å². The largest absolute Gasteiger partial charge is 0.471 e. The SMILES string of the molecule is CCCCCCCCC=CCCCCCCCNN=C(P(=O)(O)O)[P+](O)(O)O. The van der Waals surface area contributed by atoms with E-state index in [4.69, 9.17) is 24.5 Å². The first kappa shape index (κ1) is 27.7. The number of nitrogens with one attached hydrogen (secondary N) is 1. The molecule has 0 amide bonds. The molecule has 166 valence electrons. The smallest absolute Gasteiger partial charge is 0.317 e. The molecular weight excluding hydrogens is 402 g/mol. The van der Waals surface area contributed by atoms with Crippen molar-refractivity contribution < 1.29 is 29.0 Å². The van der Waals surface area contributed by atoms with E-state index in [1.54, 1.807) is 0 Å². The van der Waals surface area contributed by atoms with Crippen LogP contribution in [0, 0.1) is 0 Å². The van der Waals surface area contributed by atoms with E-state index in [-0.39, 0.29) is 0 Å². The Morgan fingerprint density at radius 3 is 1.79 bits per heavy atom. The summed E-state index contributed by atoms with van der Waals surface area (Å²) in [5.74, 6) is 0. The summed E-state index contributed by atoms with van der Waals surface area (Å²) in [4.78, 5) is 44.9. The molecular formula is C18H39N2O6P2+. The van der Waals surface area contributed by atoms with Crippen LogP contribution < -0.4 is 5.43 Å². The first-order valence-electron chi connectivity index (χ1n) is 10.3. The average Bonchev–Trinajstić information content (AvgIpc) is 2.58. The molecule has 0 spiro atoms. The molecule has 10 heteroatoms. The third-order valence-electron chi connectivity index (χ3n) is 4.26. The minimum atomic E-state index is -5.01. The molecule has 0 aromatic rings. The van der Waals surface area contributed by atoms with Crippen molar-refractivity contribution in [1.29, 1.82) is 0 Å². The average molecular weight is 441 g/mol. The van der Waals surface area contributed by atoms with Crippen LogP contribution in [0.5, 0.6) is 0 Å². The van der Waals surface area contributed by atoms with Gasteiger partial charge < -0.3 is 15.2 Å². The van der Waals surface area contributed by atoms with Gasteiger partial charge in [0.25, 0.3) is 0 Å². The van der Waals surface area contributed by atoms with Gasteiger partial charge in [-0.1, -0.05) is 70.4 Å². The second-order valence-corrected chi connectivity index (χ2v) is 10.4. The minimum absolute atomic E-state index is 0.335. The van der Waals surface area contributed by atoms with Crippen LogP contribution in [-0.4, -0.2) is 36.2 Å². The van der Waals surface area contributed by atoms with Crippen molar-refractivity contribution in [3.05, 3.63) is 12.2 Å². The monoisotopic (exact) mass is 441 g/mol. The number of rotatable bonds is 18. The van der Waals surface area contributed by atoms with Crippen LogP contribution in [-0.2, 0) is 4.57 Å². The van der Waals surface area contributed by atoms with E-state index >= 15 is 0 Å². The van der Waals surface area contributed by atoms with Crippen molar-refractivity contribution in [2.45, 2.75) is 90.4 Å². The van der Waals surface area contributed by atoms with Crippen molar-refractivity contribution in [3.63, 3.8) is 0 Å². The fourth-order valence-corrected chi connectivity index (χ4v) is 4.51. The molecule has 8 nitrogen and oxygen atoms in total. The number of hydrazone groups is 1. The predicted octanol–water partition coefficient (Wildman–Crippen LogP) is 4.41. The molecule has 0 radical (unpaired) electrons. The van der Waals surface area contributed by atoms with Crippen LogP contribution in [0.25, 0.3) is 0 Å². The topological polar surface area (TPSA) is 143 Å². The Labute approximate surface area is 169 Å². The highest BCUT2D eigenvalue weighted by atomic mass is 31.3. The zero-order chi connectivity index (χ0) is 21.3. The zero-order valence-electron chi connectivity index (χ0n) is 17.0. The van der Waals surface area contributed by atoms with Crippen molar-refractivity contribution in [1.82, 2.24) is 5.43 Å². The molecule has 0 saturated heterocycles. The summed E-state index contributed by atoms with van der Waals surface area (Å²) in [6.07, 6.45) is 19.8. The van der Waals surface area contributed by atoms with Gasteiger partial charge in [-0.2, -0.15) is 14.7 Å². The van der Waals surface area contributed by atoms with Gasteiger partial charge in [-0.05, 0) is 32.1 Å². The molecule has 0 aliphatic rings. The van der Waals surface area contributed by atoms with Crippen molar-refractivity contribution >= 4 is 20.7 Å². The molecule has 6 N–H and O–H groups in total. The van der Waals surface area contributed by atoms with Crippen LogP contribution in [0.15, 0.2) is 17.3 Å². The first-order chi connectivity index (χ1) is 13.2. The Bertz CT molecular complexity index is 489. The Morgan fingerprint density at radius 2 is 1.32 bits per heavy atom. The highest BCUT2D eigenvalue weighted by molar-refractivity contribution is 8.00. The second kappa shape index (κ2) is 16.5. The van der Waals surface area contributed by atoms with Crippen molar-refractivity contribution in [2.75, 3.05) is 6.54 Å². The highest BCUT2D eigenvalue weighted by Gasteiger charge is 2.52. The molecule has 0 aromatic carbocycles. The van der Waals surface area contributed by atoms with E-state index in [9.17, 15) is 4.57 Å². The van der Waals surface area contributed by atoms with Gasteiger partial charge in [0.1, 0.15) is 0 Å². The molecule has 0 aliphatic heterocycles. The lowest BCUT2D eigenvalue weighted by molar-refractivity contribution is 0.348. The van der Waals surface area contributed by atoms with E-state index in [1.807, 2.05) is 0 Å². The predicted molar refractivity (Wildman–Crippen MR) is 116 cm³/mol. The van der Waals surface area contributed by atoms with E-state index in [0.29, 0.717) is 6.54 Å². The van der Waals surface area contributed by atoms with Gasteiger partial charge in [0.2, 0.25) is 0 Å². The lowest BCUT2D eigenvalue weighted by Crippen LogP contribution is -2.14. The van der Waals surface area contributed by atoms with Crippen LogP contribution in [0.3, 0.4) is 0 Å². The fraction of sp³-hybridized carbons (Fsp3) is 0.833. The van der Waals surface area contributed by atoms with Crippen molar-refractivity contribution in [3.8, 4) is 0 Å². The molecule has 0 bridgehead atoms. The normalized spacial score (nSPS) is 13.4. The highest BCUT2D eigenvalue weighted by Crippen LogP contribution is 2.60. The van der Waals surface area contributed by atoms with Gasteiger partial charge in [-0.25, -0.2) is 4.57 Å². The van der Waals surface area contributed by atoms with Crippen LogP contribution >= 0.6 is 15.5 Å². The molecule has 0 unspecified atom stereocenters. The molecule has 0 rings (SSSR count). The van der Waals surface area contributed by atoms with Crippen LogP contribution in [0.2, 0.25) is 0 Å². The number of nitrogens with zero attached hydrogens (tertiary/aromatic N) is 1. The summed E-state index contributed by atoms with van der Waals surface area (Å²) in [7, 11) is -9.83. The van der Waals surface area contributed by atoms with Gasteiger partial charge >= 0.3 is 20.7 Å². The van der Waals surface area contributed by atoms with Gasteiger partial charge in [-0.15, -0.1) is 5.10 Å². The maximum atomic E-state index is 11.0. The van der Waals surface area contributed by atoms with Crippen molar-refractivity contribution in [2.24, 2.45) is 5.10 Å². The maximum absolute atomic E-state index is 11.0. The Hall–Kier alpha value is -0.330. The third kappa shape index (κ3) is 16.6. The zero-order valence-corrected chi connectivity index (χ0v) is 18.8. The number of allylic oxidation sites excluding steroid dienone is 2. The van der Waals surface area contributed by atoms with Gasteiger partial charge in [0.05, 0.1) is 0 Å². The molecule has 0 saturated carbocycles. The quantitative estimate of drug-likeness (QED) is 0.0608. The molecule has 0 aromatic heterocycles. The second-order valence-electron chi connectivity index (χ2n) is 7.02. The lowest BCUT2D eigenvalue weighted by atomic mass is 10.1. The summed E-state index contributed by atoms with van der Waals surface area (Å²) < 4.78 is 11.0. The maximum Gasteiger partial charge on any atom is 0.471 e. The number of hydrogen-bond acceptors (Lipinski definition) is 6. The van der Waals surface area contributed by atoms with E-state index in [0.717, 1.165) is 38.5 Å². The molecule has 0 fully saturated rings. The third-order valence-corrected chi connectivity index (χ3v) is 7.10. The summed E-state index contributed by atoms with van der Waals surface area (Å²) in [5.41, 5.74) is 2.38. The molecule has 0 heterocycles. The van der Waals surface area contributed by atoms with Gasteiger partial charge in [0, 0.05) is 6.54 Å². The Morgan fingerprint density at radius 1 is 0.857 bits per heavy atom. The lowest BCUT2D eigenvalue weighted by Gasteiger charge is -2.08. The first-order valence-corrected chi connectivity index (χ1v) is 13.5. The summed E-state index contributed by atoms with van der Waals surface area (Å²) in [5, 5.41) is 1.97. The molecule has 0 atom stereocenters. The molecule has 28 heavy (non-hydrogen) atoms. The Balaban J connectivity index is 3.59. The summed E-state index contributed by atoms with van der Waals surface area (Å²) >= 11 is 0. The summed E-state index contributed by atoms with van der Waals surface area (Å²) in [6.45, 7) is 2.57. The number of unbranched alkanes of at least 4 members (excludes halogenated alkanes) is 11. The Kier molecular flexibility index (Phi) is 16.3.